The van der Waals surface area contributed by atoms with Gasteiger partial charge in [0.05, 0.1) is 0 Å². The van der Waals surface area contributed by atoms with Gasteiger partial charge in [-0.25, -0.2) is 9.18 Å². The molecule has 1 aliphatic heterocycles. The fraction of sp³-hybridized carbons (Fsp3) is 0.417. The van der Waals surface area contributed by atoms with Crippen LogP contribution in [0.3, 0.4) is 0 Å². The lowest BCUT2D eigenvalue weighted by Crippen LogP contribution is -2.47. The van der Waals surface area contributed by atoms with Crippen molar-refractivity contribution in [1.82, 2.24) is 4.90 Å². The molecule has 3 N–H and O–H groups in total. The number of benzene rings is 1. The van der Waals surface area contributed by atoms with E-state index < -0.39 is 0 Å². The van der Waals surface area contributed by atoms with Gasteiger partial charge in [-0.05, 0) is 37.1 Å². The highest BCUT2D eigenvalue weighted by molar-refractivity contribution is 5.89. The molecule has 0 aromatic heterocycles. The smallest absolute Gasteiger partial charge is 0.321 e. The quantitative estimate of drug-likeness (QED) is 0.782. The first-order chi connectivity index (χ1) is 8.15. The lowest BCUT2D eigenvalue weighted by molar-refractivity contribution is 0.193. The molecule has 17 heavy (non-hydrogen) atoms. The van der Waals surface area contributed by atoms with E-state index in [-0.39, 0.29) is 17.9 Å². The first kappa shape index (κ1) is 11.9. The molecule has 92 valence electrons. The number of amides is 2. The Labute approximate surface area is 99.6 Å². The molecule has 0 saturated carbocycles. The highest BCUT2D eigenvalue weighted by atomic mass is 19.1. The average molecular weight is 237 g/mol. The van der Waals surface area contributed by atoms with E-state index in [9.17, 15) is 9.18 Å². The van der Waals surface area contributed by atoms with Crippen LogP contribution in [0.2, 0.25) is 0 Å². The zero-order valence-electron chi connectivity index (χ0n) is 9.53. The van der Waals surface area contributed by atoms with Gasteiger partial charge in [0, 0.05) is 24.8 Å². The van der Waals surface area contributed by atoms with E-state index in [1.54, 1.807) is 4.90 Å². The van der Waals surface area contributed by atoms with Crippen LogP contribution in [-0.4, -0.2) is 30.1 Å². The number of nitrogens with zero attached hydrogens (tertiary/aromatic N) is 1. The molecule has 1 aromatic carbocycles. The van der Waals surface area contributed by atoms with E-state index in [0.717, 1.165) is 19.4 Å². The van der Waals surface area contributed by atoms with Crippen molar-refractivity contribution < 1.29 is 9.18 Å². The Bertz CT molecular complexity index is 393. The van der Waals surface area contributed by atoms with Crippen LogP contribution in [-0.2, 0) is 0 Å². The molecule has 2 amide bonds. The van der Waals surface area contributed by atoms with Crippen molar-refractivity contribution in [2.24, 2.45) is 5.73 Å². The number of halogens is 1. The first-order valence-electron chi connectivity index (χ1n) is 5.72. The number of rotatable bonds is 1. The van der Waals surface area contributed by atoms with E-state index in [1.165, 1.54) is 24.3 Å². The van der Waals surface area contributed by atoms with Gasteiger partial charge in [-0.15, -0.1) is 0 Å². The normalized spacial score (nSPS) is 20.1. The molecule has 0 bridgehead atoms. The van der Waals surface area contributed by atoms with Gasteiger partial charge in [-0.3, -0.25) is 0 Å². The van der Waals surface area contributed by atoms with E-state index in [4.69, 9.17) is 5.73 Å². The molecule has 1 fully saturated rings. The Kier molecular flexibility index (Phi) is 3.58. The molecule has 1 heterocycles. The zero-order valence-corrected chi connectivity index (χ0v) is 9.53. The van der Waals surface area contributed by atoms with Crippen LogP contribution in [0.25, 0.3) is 0 Å². The van der Waals surface area contributed by atoms with Gasteiger partial charge in [0.2, 0.25) is 0 Å². The fourth-order valence-electron chi connectivity index (χ4n) is 1.93. The van der Waals surface area contributed by atoms with Gasteiger partial charge in [0.1, 0.15) is 5.82 Å². The molecular formula is C12H16FN3O. The molecule has 0 aliphatic carbocycles. The van der Waals surface area contributed by atoms with Crippen molar-refractivity contribution in [2.75, 3.05) is 18.4 Å². The standard InChI is InChI=1S/C12H16FN3O/c13-9-3-5-11(6-4-9)15-12(17)16-7-1-2-10(14)8-16/h3-6,10H,1-2,7-8,14H2,(H,15,17)/t10-/m1/s1. The zero-order chi connectivity index (χ0) is 12.3. The summed E-state index contributed by atoms with van der Waals surface area (Å²) in [5, 5.41) is 2.72. The summed E-state index contributed by atoms with van der Waals surface area (Å²) in [6.45, 7) is 1.30. The number of anilines is 1. The molecule has 1 aromatic rings. The van der Waals surface area contributed by atoms with E-state index in [0.29, 0.717) is 12.2 Å². The minimum atomic E-state index is -0.317. The number of piperidine rings is 1. The van der Waals surface area contributed by atoms with Crippen LogP contribution in [0.15, 0.2) is 24.3 Å². The Morgan fingerprint density at radius 1 is 1.41 bits per heavy atom. The van der Waals surface area contributed by atoms with Crippen molar-refractivity contribution in [1.29, 1.82) is 0 Å². The Morgan fingerprint density at radius 2 is 2.12 bits per heavy atom. The predicted octanol–water partition coefficient (Wildman–Crippen LogP) is 1.78. The van der Waals surface area contributed by atoms with Gasteiger partial charge >= 0.3 is 6.03 Å². The third-order valence-electron chi connectivity index (χ3n) is 2.84. The summed E-state index contributed by atoms with van der Waals surface area (Å²) in [6, 6.07) is 5.60. The summed E-state index contributed by atoms with van der Waals surface area (Å²) in [5.41, 5.74) is 6.40. The molecule has 0 spiro atoms. The summed E-state index contributed by atoms with van der Waals surface area (Å²) >= 11 is 0. The van der Waals surface area contributed by atoms with Gasteiger partial charge in [0.15, 0.2) is 0 Å². The Balaban J connectivity index is 1.94. The Morgan fingerprint density at radius 3 is 2.76 bits per heavy atom. The van der Waals surface area contributed by atoms with E-state index >= 15 is 0 Å². The number of nitrogens with one attached hydrogen (secondary N) is 1. The summed E-state index contributed by atoms with van der Waals surface area (Å²) in [6.07, 6.45) is 1.89. The van der Waals surface area contributed by atoms with Crippen LogP contribution < -0.4 is 11.1 Å². The maximum Gasteiger partial charge on any atom is 0.321 e. The van der Waals surface area contributed by atoms with Crippen LogP contribution in [0.4, 0.5) is 14.9 Å². The summed E-state index contributed by atoms with van der Waals surface area (Å²) in [7, 11) is 0. The van der Waals surface area contributed by atoms with Crippen molar-refractivity contribution in [2.45, 2.75) is 18.9 Å². The maximum atomic E-state index is 12.7. The molecule has 4 nitrogen and oxygen atoms in total. The third-order valence-corrected chi connectivity index (χ3v) is 2.84. The van der Waals surface area contributed by atoms with Crippen LogP contribution in [0.5, 0.6) is 0 Å². The highest BCUT2D eigenvalue weighted by Crippen LogP contribution is 2.12. The van der Waals surface area contributed by atoms with E-state index in [2.05, 4.69) is 5.32 Å². The Hall–Kier alpha value is -1.62. The molecule has 5 heteroatoms. The van der Waals surface area contributed by atoms with Gasteiger partial charge < -0.3 is 16.0 Å². The summed E-state index contributed by atoms with van der Waals surface area (Å²) < 4.78 is 12.7. The maximum absolute atomic E-state index is 12.7. The number of urea groups is 1. The number of carbonyl (C=O) groups excluding carboxylic acids is 1. The number of likely N-dealkylation sites (tertiary alicyclic amines) is 1. The second kappa shape index (κ2) is 5.14. The fourth-order valence-corrected chi connectivity index (χ4v) is 1.93. The molecule has 0 unspecified atom stereocenters. The van der Waals surface area contributed by atoms with Crippen molar-refractivity contribution in [3.63, 3.8) is 0 Å². The molecule has 0 radical (unpaired) electrons. The summed E-state index contributed by atoms with van der Waals surface area (Å²) in [5.74, 6) is -0.317. The molecule has 1 atom stereocenters. The lowest BCUT2D eigenvalue weighted by Gasteiger charge is -2.30. The SMILES string of the molecule is N[C@@H]1CCCN(C(=O)Nc2ccc(F)cc2)C1. The van der Waals surface area contributed by atoms with Gasteiger partial charge in [-0.2, -0.15) is 0 Å². The van der Waals surface area contributed by atoms with E-state index in [1.807, 2.05) is 0 Å². The largest absolute Gasteiger partial charge is 0.326 e. The van der Waals surface area contributed by atoms with Gasteiger partial charge in [-0.1, -0.05) is 0 Å². The second-order valence-corrected chi connectivity index (χ2v) is 4.29. The van der Waals surface area contributed by atoms with Gasteiger partial charge in [0.25, 0.3) is 0 Å². The second-order valence-electron chi connectivity index (χ2n) is 4.29. The number of nitrogens with two attached hydrogens (primary N) is 1. The molecular weight excluding hydrogens is 221 g/mol. The van der Waals surface area contributed by atoms with Crippen LogP contribution in [0.1, 0.15) is 12.8 Å². The van der Waals surface area contributed by atoms with Crippen molar-refractivity contribution in [3.05, 3.63) is 30.1 Å². The van der Waals surface area contributed by atoms with Crippen molar-refractivity contribution in [3.8, 4) is 0 Å². The molecule has 1 aliphatic rings. The lowest BCUT2D eigenvalue weighted by atomic mass is 10.1. The summed E-state index contributed by atoms with van der Waals surface area (Å²) in [4.78, 5) is 13.6. The molecule has 2 rings (SSSR count). The van der Waals surface area contributed by atoms with Crippen LogP contribution >= 0.6 is 0 Å². The number of carbonyl (C=O) groups is 1. The average Bonchev–Trinajstić information content (AvgIpc) is 2.32. The predicted molar refractivity (Wildman–Crippen MR) is 64.2 cm³/mol. The van der Waals surface area contributed by atoms with Crippen molar-refractivity contribution >= 4 is 11.7 Å². The minimum absolute atomic E-state index is 0.0581. The highest BCUT2D eigenvalue weighted by Gasteiger charge is 2.20. The minimum Gasteiger partial charge on any atom is -0.326 e. The monoisotopic (exact) mass is 237 g/mol. The molecule has 1 saturated heterocycles. The van der Waals surface area contributed by atoms with Crippen LogP contribution in [0, 0.1) is 5.82 Å². The number of hydrogen-bond donors (Lipinski definition) is 2. The topological polar surface area (TPSA) is 58.4 Å². The first-order valence-corrected chi connectivity index (χ1v) is 5.72. The third kappa shape index (κ3) is 3.17. The number of hydrogen-bond acceptors (Lipinski definition) is 2.